The lowest BCUT2D eigenvalue weighted by molar-refractivity contribution is -0.918. The molecule has 162 valence electrons. The molecule has 2 atom stereocenters. The van der Waals surface area contributed by atoms with Crippen molar-refractivity contribution in [1.82, 2.24) is 0 Å². The monoisotopic (exact) mass is 412 g/mol. The Morgan fingerprint density at radius 1 is 1.00 bits per heavy atom. The first-order valence-corrected chi connectivity index (χ1v) is 11.5. The van der Waals surface area contributed by atoms with E-state index in [9.17, 15) is 10.2 Å². The largest absolute Gasteiger partial charge is 0.491 e. The molecule has 2 aliphatic rings. The topological polar surface area (TPSA) is 70.7 Å². The first-order valence-electron chi connectivity index (χ1n) is 11.5. The Morgan fingerprint density at radius 2 is 1.73 bits per heavy atom. The number of hydrogen-bond donors (Lipinski definition) is 4. The molecule has 5 nitrogen and oxygen atoms in total. The van der Waals surface area contributed by atoms with E-state index in [-0.39, 0.29) is 6.10 Å². The van der Waals surface area contributed by atoms with E-state index in [1.54, 1.807) is 0 Å². The number of nitrogens with one attached hydrogen (secondary N) is 1. The third-order valence-corrected chi connectivity index (χ3v) is 6.63. The van der Waals surface area contributed by atoms with Crippen LogP contribution in [-0.4, -0.2) is 48.2 Å². The van der Waals surface area contributed by atoms with E-state index >= 15 is 0 Å². The average Bonchev–Trinajstić information content (AvgIpc) is 2.78. The van der Waals surface area contributed by atoms with Crippen LogP contribution in [0.25, 0.3) is 0 Å². The molecule has 5 N–H and O–H groups in total. The minimum Gasteiger partial charge on any atom is -0.491 e. The molecule has 1 heterocycles. The summed E-state index contributed by atoms with van der Waals surface area (Å²) in [6.07, 6.45) is 4.60. The third kappa shape index (κ3) is 6.05. The SMILES string of the molecule is OC1CCC([NH2+]Cc2ccc(OCC(O)C[NH+]3CCc4ccccc4C3)cc2)CC1. The first kappa shape index (κ1) is 21.3. The molecule has 30 heavy (non-hydrogen) atoms. The molecule has 0 radical (unpaired) electrons. The fourth-order valence-electron chi connectivity index (χ4n) is 4.76. The molecule has 1 aliphatic carbocycles. The molecule has 2 aromatic carbocycles. The summed E-state index contributed by atoms with van der Waals surface area (Å²) in [5, 5.41) is 22.5. The molecule has 0 aromatic heterocycles. The summed E-state index contributed by atoms with van der Waals surface area (Å²) >= 11 is 0. The van der Waals surface area contributed by atoms with Gasteiger partial charge in [-0.1, -0.05) is 24.3 Å². The van der Waals surface area contributed by atoms with Crippen molar-refractivity contribution < 1.29 is 25.2 Å². The first-order chi connectivity index (χ1) is 14.7. The zero-order valence-electron chi connectivity index (χ0n) is 17.8. The molecule has 5 heteroatoms. The van der Waals surface area contributed by atoms with E-state index in [0.717, 1.165) is 64.0 Å². The van der Waals surface area contributed by atoms with Gasteiger partial charge in [0.1, 0.15) is 38.1 Å². The van der Waals surface area contributed by atoms with Crippen molar-refractivity contribution >= 4 is 0 Å². The quantitative estimate of drug-likeness (QED) is 0.508. The lowest BCUT2D eigenvalue weighted by Gasteiger charge is -2.27. The highest BCUT2D eigenvalue weighted by atomic mass is 16.5. The van der Waals surface area contributed by atoms with E-state index in [1.807, 2.05) is 12.1 Å². The van der Waals surface area contributed by atoms with Crippen LogP contribution < -0.4 is 15.0 Å². The number of aliphatic hydroxyl groups excluding tert-OH is 2. The summed E-state index contributed by atoms with van der Waals surface area (Å²) in [6.45, 7) is 4.07. The molecule has 2 aromatic rings. The minimum atomic E-state index is -0.458. The van der Waals surface area contributed by atoms with Gasteiger partial charge in [0.15, 0.2) is 0 Å². The summed E-state index contributed by atoms with van der Waals surface area (Å²) in [5.74, 6) is 0.817. The second-order valence-corrected chi connectivity index (χ2v) is 9.02. The van der Waals surface area contributed by atoms with Crippen molar-refractivity contribution in [2.75, 3.05) is 19.7 Å². The molecule has 2 unspecified atom stereocenters. The van der Waals surface area contributed by atoms with Gasteiger partial charge in [0, 0.05) is 30.4 Å². The van der Waals surface area contributed by atoms with Crippen LogP contribution in [0.2, 0.25) is 0 Å². The van der Waals surface area contributed by atoms with Gasteiger partial charge < -0.3 is 25.2 Å². The van der Waals surface area contributed by atoms with Gasteiger partial charge in [-0.15, -0.1) is 0 Å². The normalized spacial score (nSPS) is 24.8. The molecule has 4 rings (SSSR count). The Kier molecular flexibility index (Phi) is 7.39. The molecule has 0 saturated heterocycles. The smallest absolute Gasteiger partial charge is 0.137 e. The van der Waals surface area contributed by atoms with E-state index in [1.165, 1.54) is 21.6 Å². The van der Waals surface area contributed by atoms with Crippen LogP contribution >= 0.6 is 0 Å². The van der Waals surface area contributed by atoms with Crippen LogP contribution in [0.4, 0.5) is 0 Å². The zero-order chi connectivity index (χ0) is 20.8. The summed E-state index contributed by atoms with van der Waals surface area (Å²) in [7, 11) is 0. The minimum absolute atomic E-state index is 0.0891. The van der Waals surface area contributed by atoms with Gasteiger partial charge in [-0.05, 0) is 42.7 Å². The van der Waals surface area contributed by atoms with Crippen molar-refractivity contribution in [1.29, 1.82) is 0 Å². The fraction of sp³-hybridized carbons (Fsp3) is 0.520. The Labute approximate surface area is 179 Å². The highest BCUT2D eigenvalue weighted by Gasteiger charge is 2.22. The average molecular weight is 413 g/mol. The summed E-state index contributed by atoms with van der Waals surface area (Å²) < 4.78 is 5.84. The molecule has 0 bridgehead atoms. The predicted octanol–water partition coefficient (Wildman–Crippen LogP) is 0.434. The number of ether oxygens (including phenoxy) is 1. The van der Waals surface area contributed by atoms with E-state index in [2.05, 4.69) is 41.7 Å². The summed E-state index contributed by atoms with van der Waals surface area (Å²) in [6, 6.07) is 17.5. The van der Waals surface area contributed by atoms with Crippen molar-refractivity contribution in [3.63, 3.8) is 0 Å². The Hall–Kier alpha value is -1.92. The number of fused-ring (bicyclic) bond motifs is 1. The number of hydrogen-bond acceptors (Lipinski definition) is 3. The number of benzene rings is 2. The zero-order valence-corrected chi connectivity index (χ0v) is 17.8. The highest BCUT2D eigenvalue weighted by molar-refractivity contribution is 5.28. The molecular weight excluding hydrogens is 376 g/mol. The standard InChI is InChI=1S/C25H34N2O3/c28-23-9-7-22(8-10-23)26-15-19-5-11-25(12-6-19)30-18-24(29)17-27-14-13-20-3-1-2-4-21(20)16-27/h1-6,11-12,22-24,26,28-29H,7-10,13-18H2/p+2. The van der Waals surface area contributed by atoms with Crippen LogP contribution in [-0.2, 0) is 19.5 Å². The third-order valence-electron chi connectivity index (χ3n) is 6.63. The number of quaternary nitrogens is 2. The van der Waals surface area contributed by atoms with Crippen LogP contribution in [0.3, 0.4) is 0 Å². The molecule has 1 saturated carbocycles. The Morgan fingerprint density at radius 3 is 2.50 bits per heavy atom. The lowest BCUT2D eigenvalue weighted by atomic mass is 9.93. The Balaban J connectivity index is 1.17. The van der Waals surface area contributed by atoms with Gasteiger partial charge in [0.05, 0.1) is 18.7 Å². The van der Waals surface area contributed by atoms with Gasteiger partial charge in [-0.2, -0.15) is 0 Å². The van der Waals surface area contributed by atoms with Crippen LogP contribution in [0.1, 0.15) is 42.4 Å². The second-order valence-electron chi connectivity index (χ2n) is 9.02. The van der Waals surface area contributed by atoms with Crippen LogP contribution in [0.5, 0.6) is 5.75 Å². The second kappa shape index (κ2) is 10.4. The van der Waals surface area contributed by atoms with E-state index in [0.29, 0.717) is 12.6 Å². The molecule has 0 amide bonds. The number of rotatable bonds is 8. The maximum Gasteiger partial charge on any atom is 0.137 e. The van der Waals surface area contributed by atoms with Gasteiger partial charge in [0.2, 0.25) is 0 Å². The van der Waals surface area contributed by atoms with Crippen molar-refractivity contribution in [3.05, 3.63) is 65.2 Å². The van der Waals surface area contributed by atoms with E-state index in [4.69, 9.17) is 4.74 Å². The van der Waals surface area contributed by atoms with Gasteiger partial charge in [0.25, 0.3) is 0 Å². The predicted molar refractivity (Wildman–Crippen MR) is 116 cm³/mol. The van der Waals surface area contributed by atoms with Gasteiger partial charge in [-0.3, -0.25) is 0 Å². The molecule has 1 fully saturated rings. The lowest BCUT2D eigenvalue weighted by Crippen LogP contribution is -3.13. The number of nitrogens with two attached hydrogens (primary N) is 1. The Bertz CT molecular complexity index is 787. The van der Waals surface area contributed by atoms with Crippen LogP contribution in [0, 0.1) is 0 Å². The molecule has 0 spiro atoms. The molecule has 1 aliphatic heterocycles. The molecular formula is C25H36N2O3+2. The van der Waals surface area contributed by atoms with Crippen molar-refractivity contribution in [3.8, 4) is 5.75 Å². The van der Waals surface area contributed by atoms with Gasteiger partial charge in [-0.25, -0.2) is 0 Å². The summed E-state index contributed by atoms with van der Waals surface area (Å²) in [5.41, 5.74) is 4.14. The van der Waals surface area contributed by atoms with Gasteiger partial charge >= 0.3 is 0 Å². The summed E-state index contributed by atoms with van der Waals surface area (Å²) in [4.78, 5) is 1.42. The fourth-order valence-corrected chi connectivity index (χ4v) is 4.76. The number of aliphatic hydroxyl groups is 2. The maximum atomic E-state index is 10.4. The highest BCUT2D eigenvalue weighted by Crippen LogP contribution is 2.16. The van der Waals surface area contributed by atoms with Crippen molar-refractivity contribution in [2.45, 2.75) is 63.4 Å². The van der Waals surface area contributed by atoms with Crippen LogP contribution in [0.15, 0.2) is 48.5 Å². The van der Waals surface area contributed by atoms with Crippen molar-refractivity contribution in [2.24, 2.45) is 0 Å². The van der Waals surface area contributed by atoms with E-state index < -0.39 is 6.10 Å². The maximum absolute atomic E-state index is 10.4.